The molecule has 0 bridgehead atoms. The Morgan fingerprint density at radius 2 is 1.95 bits per heavy atom. The summed E-state index contributed by atoms with van der Waals surface area (Å²) in [5.74, 6) is 0.744. The van der Waals surface area contributed by atoms with Crippen LogP contribution >= 0.6 is 0 Å². The maximum absolute atomic E-state index is 13.3. The van der Waals surface area contributed by atoms with Crippen LogP contribution in [-0.2, 0) is 23.2 Å². The van der Waals surface area contributed by atoms with Crippen molar-refractivity contribution in [2.24, 2.45) is 0 Å². The summed E-state index contributed by atoms with van der Waals surface area (Å²) < 4.78 is 36.5. The second-order valence-electron chi connectivity index (χ2n) is 9.47. The number of hydrogen-bond donors (Lipinski definition) is 2. The van der Waals surface area contributed by atoms with Crippen LogP contribution in [0.1, 0.15) is 47.3 Å². The number of nitrogens with one attached hydrogen (secondary N) is 1. The highest BCUT2D eigenvalue weighted by molar-refractivity contribution is 7.86. The molecule has 0 saturated carbocycles. The van der Waals surface area contributed by atoms with Crippen molar-refractivity contribution in [2.75, 3.05) is 38.7 Å². The van der Waals surface area contributed by atoms with Crippen molar-refractivity contribution in [1.29, 1.82) is 0 Å². The smallest absolute Gasteiger partial charge is 0.282 e. The second kappa shape index (κ2) is 10.8. The highest BCUT2D eigenvalue weighted by Crippen LogP contribution is 2.31. The first-order chi connectivity index (χ1) is 18.3. The average Bonchev–Trinajstić information content (AvgIpc) is 3.65. The molecule has 202 valence electrons. The minimum absolute atomic E-state index is 0.0870. The molecule has 1 amide bonds. The molecule has 0 aliphatic carbocycles. The van der Waals surface area contributed by atoms with E-state index in [0.717, 1.165) is 24.0 Å². The zero-order valence-electron chi connectivity index (χ0n) is 21.4. The van der Waals surface area contributed by atoms with Crippen molar-refractivity contribution in [2.45, 2.75) is 38.8 Å². The molecule has 2 N–H and O–H groups in total. The molecular formula is C25H31N7O5S. The molecule has 2 aliphatic rings. The fraction of sp³-hybridized carbons (Fsp3) is 0.440. The summed E-state index contributed by atoms with van der Waals surface area (Å²) >= 11 is 0. The molecule has 3 aromatic rings. The maximum atomic E-state index is 13.3. The summed E-state index contributed by atoms with van der Waals surface area (Å²) in [6.45, 7) is 3.42. The molecule has 2 aliphatic heterocycles. The van der Waals surface area contributed by atoms with Gasteiger partial charge in [-0.2, -0.15) is 17.0 Å². The van der Waals surface area contributed by atoms with Crippen LogP contribution in [0.2, 0.25) is 0 Å². The van der Waals surface area contributed by atoms with E-state index >= 15 is 0 Å². The van der Waals surface area contributed by atoms with E-state index in [4.69, 9.17) is 4.74 Å². The van der Waals surface area contributed by atoms with Crippen molar-refractivity contribution in [3.63, 3.8) is 0 Å². The molecule has 1 atom stereocenters. The number of methoxy groups -OCH3 is 1. The molecule has 2 aromatic heterocycles. The van der Waals surface area contributed by atoms with Crippen LogP contribution in [0.15, 0.2) is 36.7 Å². The molecule has 5 rings (SSSR count). The minimum atomic E-state index is -3.54. The quantitative estimate of drug-likeness (QED) is 0.440. The van der Waals surface area contributed by atoms with E-state index in [0.29, 0.717) is 49.1 Å². The largest absolute Gasteiger partial charge is 0.496 e. The fourth-order valence-electron chi connectivity index (χ4n) is 4.84. The third-order valence-electron chi connectivity index (χ3n) is 6.99. The van der Waals surface area contributed by atoms with Crippen molar-refractivity contribution in [3.8, 4) is 17.3 Å². The highest BCUT2D eigenvalue weighted by Gasteiger charge is 2.34. The Bertz CT molecular complexity index is 1440. The predicted molar refractivity (Wildman–Crippen MR) is 140 cm³/mol. The van der Waals surface area contributed by atoms with E-state index in [2.05, 4.69) is 20.5 Å². The lowest BCUT2D eigenvalue weighted by atomic mass is 9.97. The zero-order chi connectivity index (χ0) is 26.9. The van der Waals surface area contributed by atoms with E-state index in [1.807, 2.05) is 13.0 Å². The third kappa shape index (κ3) is 5.01. The average molecular weight is 542 g/mol. The molecule has 12 nitrogen and oxygen atoms in total. The maximum Gasteiger partial charge on any atom is 0.282 e. The van der Waals surface area contributed by atoms with Crippen LogP contribution in [0.4, 0.5) is 5.82 Å². The van der Waals surface area contributed by atoms with Crippen molar-refractivity contribution >= 4 is 21.9 Å². The lowest BCUT2D eigenvalue weighted by molar-refractivity contribution is 0.102. The minimum Gasteiger partial charge on any atom is -0.496 e. The summed E-state index contributed by atoms with van der Waals surface area (Å²) in [6, 6.07) is 8.42. The Morgan fingerprint density at radius 1 is 1.16 bits per heavy atom. The second-order valence-corrected chi connectivity index (χ2v) is 11.4. The van der Waals surface area contributed by atoms with Crippen LogP contribution in [0.5, 0.6) is 5.75 Å². The van der Waals surface area contributed by atoms with Gasteiger partial charge < -0.3 is 19.7 Å². The van der Waals surface area contributed by atoms with Crippen LogP contribution in [-0.4, -0.2) is 81.1 Å². The number of hydrogen-bond acceptors (Lipinski definition) is 8. The molecule has 13 heteroatoms. The number of amides is 1. The van der Waals surface area contributed by atoms with Gasteiger partial charge in [-0.15, -0.1) is 10.2 Å². The number of aromatic nitrogens is 4. The Kier molecular flexibility index (Phi) is 7.43. The Morgan fingerprint density at radius 3 is 2.68 bits per heavy atom. The summed E-state index contributed by atoms with van der Waals surface area (Å²) in [7, 11) is -2.04. The van der Waals surface area contributed by atoms with Crippen LogP contribution < -0.4 is 10.1 Å². The van der Waals surface area contributed by atoms with Gasteiger partial charge in [0.25, 0.3) is 16.1 Å². The van der Waals surface area contributed by atoms with Crippen molar-refractivity contribution in [1.82, 2.24) is 28.4 Å². The molecule has 0 radical (unpaired) electrons. The number of pyridine rings is 1. The number of rotatable bonds is 8. The number of aliphatic hydroxyl groups is 1. The number of anilines is 1. The van der Waals surface area contributed by atoms with Crippen LogP contribution in [0.3, 0.4) is 0 Å². The SMILES string of the molecule is COc1cc2c(cc1C(=O)Nc1cccc(-c3nncn3[C@H](C)CO)n1)CN(S(=O)(=O)N1CCCC1)CC2. The molecule has 0 unspecified atom stereocenters. The first-order valence-electron chi connectivity index (χ1n) is 12.6. The normalized spacial score (nSPS) is 17.2. The summed E-state index contributed by atoms with van der Waals surface area (Å²) in [5, 5.41) is 20.4. The van der Waals surface area contributed by atoms with E-state index in [9.17, 15) is 18.3 Å². The van der Waals surface area contributed by atoms with E-state index in [1.165, 1.54) is 22.0 Å². The Balaban J connectivity index is 1.39. The van der Waals surface area contributed by atoms with Gasteiger partial charge in [-0.25, -0.2) is 4.98 Å². The van der Waals surface area contributed by atoms with Gasteiger partial charge in [-0.05, 0) is 61.6 Å². The number of carbonyl (C=O) groups is 1. The summed E-state index contributed by atoms with van der Waals surface area (Å²) in [5.41, 5.74) is 2.51. The highest BCUT2D eigenvalue weighted by atomic mass is 32.2. The predicted octanol–water partition coefficient (Wildman–Crippen LogP) is 1.85. The summed E-state index contributed by atoms with van der Waals surface area (Å²) in [6.07, 6.45) is 3.81. The van der Waals surface area contributed by atoms with Gasteiger partial charge in [0, 0.05) is 26.2 Å². The first-order valence-corrected chi connectivity index (χ1v) is 14.0. The molecule has 1 saturated heterocycles. The van der Waals surface area contributed by atoms with E-state index < -0.39 is 16.1 Å². The standard InChI is InChI=1S/C25H31N7O5S/c1-17(15-33)32-16-26-29-24(32)21-6-5-7-23(27-21)28-25(34)20-12-19-14-31(11-8-18(19)13-22(20)37-2)38(35,36)30-9-3-4-10-30/h5-7,12-13,16-17,33H,3-4,8-11,14-15H2,1-2H3,(H,27,28,34)/t17-/m1/s1. The van der Waals surface area contributed by atoms with E-state index in [1.54, 1.807) is 28.8 Å². The van der Waals surface area contributed by atoms with Gasteiger partial charge in [0.05, 0.1) is 25.3 Å². The van der Waals surface area contributed by atoms with Gasteiger partial charge in [-0.1, -0.05) is 6.07 Å². The molecule has 1 aromatic carbocycles. The van der Waals surface area contributed by atoms with Crippen molar-refractivity contribution < 1.29 is 23.1 Å². The number of ether oxygens (including phenoxy) is 1. The lowest BCUT2D eigenvalue weighted by Crippen LogP contribution is -2.44. The topological polar surface area (TPSA) is 143 Å². The monoisotopic (exact) mass is 541 g/mol. The number of fused-ring (bicyclic) bond motifs is 1. The molecular weight excluding hydrogens is 510 g/mol. The van der Waals surface area contributed by atoms with Gasteiger partial charge in [0.15, 0.2) is 5.82 Å². The molecule has 1 fully saturated rings. The van der Waals surface area contributed by atoms with Gasteiger partial charge in [0.2, 0.25) is 0 Å². The number of aliphatic hydroxyl groups excluding tert-OH is 1. The third-order valence-corrected chi connectivity index (χ3v) is 8.98. The van der Waals surface area contributed by atoms with Crippen LogP contribution in [0.25, 0.3) is 11.5 Å². The number of carbonyl (C=O) groups excluding carboxylic acids is 1. The van der Waals surface area contributed by atoms with E-state index in [-0.39, 0.29) is 24.8 Å². The molecule has 4 heterocycles. The lowest BCUT2D eigenvalue weighted by Gasteiger charge is -2.31. The first kappa shape index (κ1) is 26.2. The Labute approximate surface area is 221 Å². The zero-order valence-corrected chi connectivity index (χ0v) is 22.2. The number of benzene rings is 1. The fourth-order valence-corrected chi connectivity index (χ4v) is 6.51. The summed E-state index contributed by atoms with van der Waals surface area (Å²) in [4.78, 5) is 17.9. The molecule has 0 spiro atoms. The Hall–Kier alpha value is -3.39. The van der Waals surface area contributed by atoms with Crippen LogP contribution in [0, 0.1) is 0 Å². The van der Waals surface area contributed by atoms with Gasteiger partial charge in [-0.3, -0.25) is 4.79 Å². The number of nitrogens with zero attached hydrogens (tertiary/aromatic N) is 6. The van der Waals surface area contributed by atoms with Crippen molar-refractivity contribution in [3.05, 3.63) is 53.3 Å². The molecule has 38 heavy (non-hydrogen) atoms. The van der Waals surface area contributed by atoms with Gasteiger partial charge in [0.1, 0.15) is 23.6 Å². The van der Waals surface area contributed by atoms with Gasteiger partial charge >= 0.3 is 0 Å².